The van der Waals surface area contributed by atoms with Crippen molar-refractivity contribution in [2.45, 2.75) is 37.9 Å². The number of rotatable bonds is 3. The zero-order valence-corrected chi connectivity index (χ0v) is 11.4. The van der Waals surface area contributed by atoms with Crippen molar-refractivity contribution in [3.63, 3.8) is 0 Å². The van der Waals surface area contributed by atoms with Gasteiger partial charge in [-0.2, -0.15) is 0 Å². The average Bonchev–Trinajstić information content (AvgIpc) is 2.34. The van der Waals surface area contributed by atoms with E-state index in [9.17, 15) is 9.90 Å². The van der Waals surface area contributed by atoms with Gasteiger partial charge in [-0.1, -0.05) is 6.42 Å². The van der Waals surface area contributed by atoms with Gasteiger partial charge in [0.1, 0.15) is 11.9 Å². The van der Waals surface area contributed by atoms with Gasteiger partial charge in [0.2, 0.25) is 0 Å². The van der Waals surface area contributed by atoms with E-state index in [-0.39, 0.29) is 11.7 Å². The Balaban J connectivity index is 2.14. The number of aromatic carboxylic acids is 1. The molecule has 1 aromatic rings. The van der Waals surface area contributed by atoms with Crippen LogP contribution in [0.3, 0.4) is 0 Å². The normalized spacial score (nSPS) is 23.7. The fourth-order valence-electron chi connectivity index (χ4n) is 2.13. The van der Waals surface area contributed by atoms with Gasteiger partial charge in [-0.05, 0) is 53.4 Å². The van der Waals surface area contributed by atoms with Gasteiger partial charge >= 0.3 is 5.97 Å². The quantitative estimate of drug-likeness (QED) is 0.900. The number of halogens is 1. The number of hydrogen-bond donors (Lipinski definition) is 2. The Hall–Kier alpha value is -1.07. The summed E-state index contributed by atoms with van der Waals surface area (Å²) in [6.45, 7) is 0. The molecule has 0 spiro atoms. The predicted molar refractivity (Wildman–Crippen MR) is 70.0 cm³/mol. The maximum Gasteiger partial charge on any atom is 0.336 e. The van der Waals surface area contributed by atoms with Gasteiger partial charge in [0.05, 0.1) is 11.7 Å². The lowest BCUT2D eigenvalue weighted by Crippen LogP contribution is -2.34. The van der Waals surface area contributed by atoms with Gasteiger partial charge in [0.25, 0.3) is 0 Å². The highest BCUT2D eigenvalue weighted by Crippen LogP contribution is 2.27. The molecule has 1 saturated carbocycles. The summed E-state index contributed by atoms with van der Waals surface area (Å²) >= 11 is 3.18. The molecule has 0 aromatic heterocycles. The highest BCUT2D eigenvalue weighted by molar-refractivity contribution is 9.10. The van der Waals surface area contributed by atoms with Crippen molar-refractivity contribution in [1.82, 2.24) is 0 Å². The van der Waals surface area contributed by atoms with E-state index >= 15 is 0 Å². The number of benzene rings is 1. The highest BCUT2D eigenvalue weighted by Gasteiger charge is 2.25. The molecule has 0 saturated heterocycles. The molecule has 0 amide bonds. The lowest BCUT2D eigenvalue weighted by atomic mass is 9.95. The van der Waals surface area contributed by atoms with Crippen LogP contribution in [0.1, 0.15) is 36.0 Å². The number of carboxylic acid groups (broad SMARTS) is 1. The number of aliphatic hydroxyl groups is 1. The molecule has 0 aliphatic heterocycles. The molecule has 0 bridgehead atoms. The summed E-state index contributed by atoms with van der Waals surface area (Å²) in [5, 5.41) is 18.8. The summed E-state index contributed by atoms with van der Waals surface area (Å²) in [7, 11) is 0. The molecule has 1 aliphatic carbocycles. The summed E-state index contributed by atoms with van der Waals surface area (Å²) in [4.78, 5) is 11.0. The van der Waals surface area contributed by atoms with E-state index in [4.69, 9.17) is 9.84 Å². The van der Waals surface area contributed by atoms with Gasteiger partial charge < -0.3 is 14.9 Å². The van der Waals surface area contributed by atoms with Gasteiger partial charge in [-0.25, -0.2) is 4.79 Å². The molecule has 0 radical (unpaired) electrons. The zero-order chi connectivity index (χ0) is 13.1. The fraction of sp³-hybridized carbons (Fsp3) is 0.462. The first-order chi connectivity index (χ1) is 8.58. The standard InChI is InChI=1S/C13H15BrO4/c14-10-6-5-8(7-9(10)13(16)17)18-12-4-2-1-3-11(12)15/h5-7,11-12,15H,1-4H2,(H,16,17). The molecule has 1 fully saturated rings. The molecule has 5 heteroatoms. The summed E-state index contributed by atoms with van der Waals surface area (Å²) < 4.78 is 6.20. The first-order valence-corrected chi connectivity index (χ1v) is 6.75. The molecule has 1 aliphatic rings. The van der Waals surface area contributed by atoms with Crippen molar-refractivity contribution in [2.24, 2.45) is 0 Å². The zero-order valence-electron chi connectivity index (χ0n) is 9.80. The largest absolute Gasteiger partial charge is 0.488 e. The molecular weight excluding hydrogens is 300 g/mol. The van der Waals surface area contributed by atoms with E-state index in [0.29, 0.717) is 10.2 Å². The average molecular weight is 315 g/mol. The van der Waals surface area contributed by atoms with E-state index in [0.717, 1.165) is 25.7 Å². The maximum absolute atomic E-state index is 11.0. The first kappa shape index (κ1) is 13.4. The Kier molecular flexibility index (Phi) is 4.24. The number of ether oxygens (including phenoxy) is 1. The van der Waals surface area contributed by atoms with Crippen molar-refractivity contribution in [1.29, 1.82) is 0 Å². The predicted octanol–water partition coefficient (Wildman–Crippen LogP) is 2.83. The second-order valence-electron chi connectivity index (χ2n) is 4.45. The van der Waals surface area contributed by atoms with Crippen LogP contribution in [0, 0.1) is 0 Å². The van der Waals surface area contributed by atoms with Crippen LogP contribution in [0.2, 0.25) is 0 Å². The SMILES string of the molecule is O=C(O)c1cc(OC2CCCCC2O)ccc1Br. The van der Waals surface area contributed by atoms with Crippen molar-refractivity contribution < 1.29 is 19.7 Å². The third kappa shape index (κ3) is 3.03. The van der Waals surface area contributed by atoms with Crippen LogP contribution in [0.5, 0.6) is 5.75 Å². The molecule has 2 atom stereocenters. The molecule has 1 aromatic carbocycles. The van der Waals surface area contributed by atoms with Crippen molar-refractivity contribution in [3.8, 4) is 5.75 Å². The maximum atomic E-state index is 11.0. The van der Waals surface area contributed by atoms with Gasteiger partial charge in [-0.3, -0.25) is 0 Å². The first-order valence-electron chi connectivity index (χ1n) is 5.95. The molecule has 2 unspecified atom stereocenters. The Bertz CT molecular complexity index is 447. The molecule has 2 N–H and O–H groups in total. The van der Waals surface area contributed by atoms with Crippen molar-refractivity contribution in [2.75, 3.05) is 0 Å². The summed E-state index contributed by atoms with van der Waals surface area (Å²) in [5.41, 5.74) is 0.165. The van der Waals surface area contributed by atoms with E-state index in [1.165, 1.54) is 6.07 Å². The van der Waals surface area contributed by atoms with Crippen molar-refractivity contribution in [3.05, 3.63) is 28.2 Å². The smallest absolute Gasteiger partial charge is 0.336 e. The highest BCUT2D eigenvalue weighted by atomic mass is 79.9. The van der Waals surface area contributed by atoms with E-state index < -0.39 is 12.1 Å². The van der Waals surface area contributed by atoms with Crippen LogP contribution in [-0.2, 0) is 0 Å². The van der Waals surface area contributed by atoms with E-state index in [1.54, 1.807) is 12.1 Å². The van der Waals surface area contributed by atoms with Crippen molar-refractivity contribution >= 4 is 21.9 Å². The minimum atomic E-state index is -1.00. The van der Waals surface area contributed by atoms with E-state index in [2.05, 4.69) is 15.9 Å². The molecule has 2 rings (SSSR count). The fourth-order valence-corrected chi connectivity index (χ4v) is 2.55. The van der Waals surface area contributed by atoms with Crippen LogP contribution in [0.4, 0.5) is 0 Å². The van der Waals surface area contributed by atoms with Crippen LogP contribution >= 0.6 is 15.9 Å². The topological polar surface area (TPSA) is 66.8 Å². The lowest BCUT2D eigenvalue weighted by Gasteiger charge is -2.28. The number of aliphatic hydroxyl groups excluding tert-OH is 1. The molecule has 0 heterocycles. The minimum Gasteiger partial charge on any atom is -0.488 e. The van der Waals surface area contributed by atoms with Gasteiger partial charge in [0, 0.05) is 4.47 Å². The Labute approximate surface area is 114 Å². The molecule has 4 nitrogen and oxygen atoms in total. The second kappa shape index (κ2) is 5.71. The Morgan fingerprint density at radius 1 is 1.33 bits per heavy atom. The molecule has 98 valence electrons. The van der Waals surface area contributed by atoms with Crippen LogP contribution in [0.25, 0.3) is 0 Å². The summed E-state index contributed by atoms with van der Waals surface area (Å²) in [6, 6.07) is 4.83. The third-order valence-electron chi connectivity index (χ3n) is 3.12. The van der Waals surface area contributed by atoms with Crippen LogP contribution in [-0.4, -0.2) is 28.4 Å². The number of hydrogen-bond acceptors (Lipinski definition) is 3. The number of carbonyl (C=O) groups is 1. The van der Waals surface area contributed by atoms with Crippen LogP contribution < -0.4 is 4.74 Å². The summed E-state index contributed by atoms with van der Waals surface area (Å²) in [6.07, 6.45) is 2.90. The Morgan fingerprint density at radius 2 is 2.06 bits per heavy atom. The lowest BCUT2D eigenvalue weighted by molar-refractivity contribution is 0.00681. The molecule has 18 heavy (non-hydrogen) atoms. The van der Waals surface area contributed by atoms with Gasteiger partial charge in [0.15, 0.2) is 0 Å². The Morgan fingerprint density at radius 3 is 2.72 bits per heavy atom. The monoisotopic (exact) mass is 314 g/mol. The second-order valence-corrected chi connectivity index (χ2v) is 5.31. The molecular formula is C13H15BrO4. The minimum absolute atomic E-state index is 0.165. The third-order valence-corrected chi connectivity index (χ3v) is 3.81. The number of carboxylic acids is 1. The van der Waals surface area contributed by atoms with Crippen LogP contribution in [0.15, 0.2) is 22.7 Å². The van der Waals surface area contributed by atoms with E-state index in [1.807, 2.05) is 0 Å². The summed E-state index contributed by atoms with van der Waals surface area (Å²) in [5.74, 6) is -0.516. The van der Waals surface area contributed by atoms with Gasteiger partial charge in [-0.15, -0.1) is 0 Å².